The van der Waals surface area contributed by atoms with Gasteiger partial charge in [-0.15, -0.1) is 0 Å². The lowest BCUT2D eigenvalue weighted by Crippen LogP contribution is -2.32. The van der Waals surface area contributed by atoms with Crippen molar-refractivity contribution in [1.29, 1.82) is 0 Å². The maximum atomic E-state index is 12.3. The van der Waals surface area contributed by atoms with Crippen molar-refractivity contribution in [3.05, 3.63) is 60.7 Å². The van der Waals surface area contributed by atoms with E-state index in [1.54, 1.807) is 29.4 Å². The van der Waals surface area contributed by atoms with Crippen molar-refractivity contribution in [3.63, 3.8) is 0 Å². The van der Waals surface area contributed by atoms with E-state index >= 15 is 0 Å². The van der Waals surface area contributed by atoms with E-state index in [4.69, 9.17) is 4.42 Å². The SMILES string of the molecule is CC[C@@H](C(=O)NCc1coc(-c2ccccc2)n1)n1cccn1. The number of nitrogens with zero attached hydrogens (tertiary/aromatic N) is 3. The molecule has 0 aliphatic rings. The fourth-order valence-corrected chi connectivity index (χ4v) is 2.35. The fourth-order valence-electron chi connectivity index (χ4n) is 2.35. The number of oxazole rings is 1. The van der Waals surface area contributed by atoms with Crippen molar-refractivity contribution >= 4 is 5.91 Å². The van der Waals surface area contributed by atoms with Gasteiger partial charge in [-0.2, -0.15) is 5.10 Å². The first-order valence-electron chi connectivity index (χ1n) is 7.54. The number of carbonyl (C=O) groups is 1. The Morgan fingerprint density at radius 3 is 2.83 bits per heavy atom. The van der Waals surface area contributed by atoms with Crippen molar-refractivity contribution in [2.24, 2.45) is 0 Å². The van der Waals surface area contributed by atoms with Crippen LogP contribution in [0.15, 0.2) is 59.5 Å². The van der Waals surface area contributed by atoms with Gasteiger partial charge in [-0.25, -0.2) is 4.98 Å². The summed E-state index contributed by atoms with van der Waals surface area (Å²) in [4.78, 5) is 16.7. The monoisotopic (exact) mass is 310 g/mol. The molecule has 1 N–H and O–H groups in total. The molecular weight excluding hydrogens is 292 g/mol. The highest BCUT2D eigenvalue weighted by molar-refractivity contribution is 5.80. The van der Waals surface area contributed by atoms with Crippen LogP contribution < -0.4 is 5.32 Å². The molecule has 0 radical (unpaired) electrons. The molecule has 1 atom stereocenters. The zero-order chi connectivity index (χ0) is 16.1. The molecule has 0 fully saturated rings. The maximum Gasteiger partial charge on any atom is 0.245 e. The van der Waals surface area contributed by atoms with Crippen LogP contribution in [0.1, 0.15) is 25.1 Å². The van der Waals surface area contributed by atoms with Gasteiger partial charge in [0.25, 0.3) is 0 Å². The molecule has 0 aliphatic heterocycles. The highest BCUT2D eigenvalue weighted by atomic mass is 16.3. The maximum absolute atomic E-state index is 12.3. The lowest BCUT2D eigenvalue weighted by Gasteiger charge is -2.14. The summed E-state index contributed by atoms with van der Waals surface area (Å²) in [6.45, 7) is 2.28. The van der Waals surface area contributed by atoms with Gasteiger partial charge in [0.15, 0.2) is 0 Å². The van der Waals surface area contributed by atoms with Gasteiger partial charge in [-0.3, -0.25) is 9.48 Å². The molecule has 0 saturated carbocycles. The lowest BCUT2D eigenvalue weighted by molar-refractivity contribution is -0.124. The van der Waals surface area contributed by atoms with Crippen LogP contribution in [-0.2, 0) is 11.3 Å². The van der Waals surface area contributed by atoms with E-state index in [0.29, 0.717) is 24.6 Å². The Bertz CT molecular complexity index is 750. The molecule has 1 aromatic carbocycles. The normalized spacial score (nSPS) is 12.0. The number of amides is 1. The van der Waals surface area contributed by atoms with Gasteiger partial charge in [0.1, 0.15) is 12.3 Å². The van der Waals surface area contributed by atoms with Gasteiger partial charge >= 0.3 is 0 Å². The standard InChI is InChI=1S/C17H18N4O2/c1-2-15(21-10-6-9-19-21)16(22)18-11-14-12-23-17(20-14)13-7-4-3-5-8-13/h3-10,12,15H,2,11H2,1H3,(H,18,22)/t15-/m0/s1. The minimum atomic E-state index is -0.314. The Morgan fingerprint density at radius 1 is 1.30 bits per heavy atom. The molecule has 0 bridgehead atoms. The molecule has 3 aromatic rings. The number of hydrogen-bond acceptors (Lipinski definition) is 4. The summed E-state index contributed by atoms with van der Waals surface area (Å²) in [6, 6.07) is 11.1. The van der Waals surface area contributed by atoms with E-state index in [1.807, 2.05) is 37.3 Å². The van der Waals surface area contributed by atoms with E-state index in [1.165, 1.54) is 0 Å². The second kappa shape index (κ2) is 6.91. The molecule has 2 heterocycles. The second-order valence-corrected chi connectivity index (χ2v) is 5.14. The Kier molecular flexibility index (Phi) is 4.52. The van der Waals surface area contributed by atoms with Crippen LogP contribution in [0.3, 0.4) is 0 Å². The van der Waals surface area contributed by atoms with Gasteiger partial charge in [-0.1, -0.05) is 25.1 Å². The van der Waals surface area contributed by atoms with E-state index in [9.17, 15) is 4.79 Å². The van der Waals surface area contributed by atoms with Gasteiger partial charge in [0, 0.05) is 18.0 Å². The Labute approximate surface area is 134 Å². The van der Waals surface area contributed by atoms with E-state index < -0.39 is 0 Å². The minimum Gasteiger partial charge on any atom is -0.444 e. The highest BCUT2D eigenvalue weighted by Gasteiger charge is 2.18. The van der Waals surface area contributed by atoms with Crippen molar-refractivity contribution < 1.29 is 9.21 Å². The first-order valence-corrected chi connectivity index (χ1v) is 7.54. The van der Waals surface area contributed by atoms with Crippen LogP contribution in [0.5, 0.6) is 0 Å². The Balaban J connectivity index is 1.62. The first-order chi connectivity index (χ1) is 11.3. The van der Waals surface area contributed by atoms with Gasteiger partial charge in [0.2, 0.25) is 11.8 Å². The quantitative estimate of drug-likeness (QED) is 0.760. The summed E-state index contributed by atoms with van der Waals surface area (Å²) in [7, 11) is 0. The van der Waals surface area contributed by atoms with Crippen LogP contribution in [0.4, 0.5) is 0 Å². The summed E-state index contributed by atoms with van der Waals surface area (Å²) in [5.74, 6) is 0.467. The van der Waals surface area contributed by atoms with E-state index in [-0.39, 0.29) is 11.9 Å². The van der Waals surface area contributed by atoms with Crippen molar-refractivity contribution in [2.75, 3.05) is 0 Å². The Morgan fingerprint density at radius 2 is 2.13 bits per heavy atom. The molecule has 23 heavy (non-hydrogen) atoms. The molecule has 2 aromatic heterocycles. The molecule has 6 nitrogen and oxygen atoms in total. The smallest absolute Gasteiger partial charge is 0.245 e. The first kappa shape index (κ1) is 15.0. The fraction of sp³-hybridized carbons (Fsp3) is 0.235. The van der Waals surface area contributed by atoms with Crippen molar-refractivity contribution in [1.82, 2.24) is 20.1 Å². The predicted molar refractivity (Wildman–Crippen MR) is 85.3 cm³/mol. The highest BCUT2D eigenvalue weighted by Crippen LogP contribution is 2.18. The summed E-state index contributed by atoms with van der Waals surface area (Å²) in [6.07, 6.45) is 5.69. The number of benzene rings is 1. The minimum absolute atomic E-state index is 0.0829. The zero-order valence-electron chi connectivity index (χ0n) is 12.8. The Hall–Kier alpha value is -2.89. The molecule has 0 saturated heterocycles. The molecular formula is C17H18N4O2. The summed E-state index contributed by atoms with van der Waals surface area (Å²) in [5.41, 5.74) is 1.60. The van der Waals surface area contributed by atoms with Crippen LogP contribution in [0, 0.1) is 0 Å². The average Bonchev–Trinajstić information content (AvgIpc) is 3.26. The van der Waals surface area contributed by atoms with Gasteiger partial charge in [-0.05, 0) is 24.6 Å². The summed E-state index contributed by atoms with van der Waals surface area (Å²) in [5, 5.41) is 7.01. The van der Waals surface area contributed by atoms with Crippen molar-refractivity contribution in [3.8, 4) is 11.5 Å². The second-order valence-electron chi connectivity index (χ2n) is 5.14. The molecule has 0 aliphatic carbocycles. The van der Waals surface area contributed by atoms with Gasteiger partial charge < -0.3 is 9.73 Å². The molecule has 118 valence electrons. The predicted octanol–water partition coefficient (Wildman–Crippen LogP) is 2.81. The third-order valence-electron chi connectivity index (χ3n) is 3.55. The molecule has 3 rings (SSSR count). The van der Waals surface area contributed by atoms with Crippen LogP contribution >= 0.6 is 0 Å². The topological polar surface area (TPSA) is 73.0 Å². The molecule has 1 amide bonds. The van der Waals surface area contributed by atoms with Gasteiger partial charge in [0.05, 0.1) is 12.2 Å². The molecule has 0 spiro atoms. The van der Waals surface area contributed by atoms with Crippen LogP contribution in [0.2, 0.25) is 0 Å². The van der Waals surface area contributed by atoms with Crippen molar-refractivity contribution in [2.45, 2.75) is 25.9 Å². The largest absolute Gasteiger partial charge is 0.444 e. The average molecular weight is 310 g/mol. The number of hydrogen-bond donors (Lipinski definition) is 1. The third-order valence-corrected chi connectivity index (χ3v) is 3.55. The number of rotatable bonds is 6. The zero-order valence-corrected chi connectivity index (χ0v) is 12.8. The summed E-state index contributed by atoms with van der Waals surface area (Å²) < 4.78 is 7.12. The van der Waals surface area contributed by atoms with Crippen LogP contribution in [0.25, 0.3) is 11.5 Å². The van der Waals surface area contributed by atoms with E-state index in [0.717, 1.165) is 5.56 Å². The number of nitrogens with one attached hydrogen (secondary N) is 1. The molecule has 0 unspecified atom stereocenters. The summed E-state index contributed by atoms with van der Waals surface area (Å²) >= 11 is 0. The third kappa shape index (κ3) is 3.48. The van der Waals surface area contributed by atoms with E-state index in [2.05, 4.69) is 15.4 Å². The van der Waals surface area contributed by atoms with Crippen LogP contribution in [-0.4, -0.2) is 20.7 Å². The number of carbonyl (C=O) groups excluding carboxylic acids is 1. The lowest BCUT2D eigenvalue weighted by atomic mass is 10.2. The number of aromatic nitrogens is 3. The molecule has 6 heteroatoms.